The first-order chi connectivity index (χ1) is 16.2. The molecule has 0 spiro atoms. The quantitative estimate of drug-likeness (QED) is 0.464. The van der Waals surface area contributed by atoms with Crippen molar-refractivity contribution in [3.05, 3.63) is 112 Å². The number of ether oxygens (including phenoxy) is 1. The maximum Gasteiger partial charge on any atom is 0.257 e. The molecule has 3 aromatic carbocycles. The molecule has 4 aromatic rings. The molecule has 0 aliphatic carbocycles. The lowest BCUT2D eigenvalue weighted by Gasteiger charge is -2.24. The topological polar surface area (TPSA) is 84.1 Å². The van der Waals surface area contributed by atoms with Crippen LogP contribution >= 0.6 is 0 Å². The van der Waals surface area contributed by atoms with E-state index in [0.717, 1.165) is 23.3 Å². The van der Waals surface area contributed by atoms with Crippen LogP contribution in [0.1, 0.15) is 29.0 Å². The van der Waals surface area contributed by atoms with E-state index in [9.17, 15) is 9.59 Å². The SMILES string of the molecule is O=C1CC(c2ccc(OCCc3ccccc3)cc2)c2c(nc(-c3ccccc3)[nH]c2=O)N1. The average molecular weight is 437 g/mol. The summed E-state index contributed by atoms with van der Waals surface area (Å²) in [5.41, 5.74) is 3.12. The molecule has 0 saturated carbocycles. The number of carbonyl (C=O) groups is 1. The summed E-state index contributed by atoms with van der Waals surface area (Å²) in [5, 5.41) is 2.77. The number of fused-ring (bicyclic) bond motifs is 1. The van der Waals surface area contributed by atoms with Crippen molar-refractivity contribution in [3.63, 3.8) is 0 Å². The van der Waals surface area contributed by atoms with Gasteiger partial charge in [0.15, 0.2) is 0 Å². The number of hydrogen-bond donors (Lipinski definition) is 2. The van der Waals surface area contributed by atoms with E-state index >= 15 is 0 Å². The molecule has 0 radical (unpaired) electrons. The number of carbonyl (C=O) groups excluding carboxylic acids is 1. The Morgan fingerprint density at radius 2 is 1.58 bits per heavy atom. The number of nitrogens with zero attached hydrogens (tertiary/aromatic N) is 1. The maximum absolute atomic E-state index is 13.0. The second kappa shape index (κ2) is 9.12. The minimum absolute atomic E-state index is 0.159. The fraction of sp³-hybridized carbons (Fsp3) is 0.148. The Kier molecular flexibility index (Phi) is 5.72. The smallest absolute Gasteiger partial charge is 0.257 e. The van der Waals surface area contributed by atoms with Crippen molar-refractivity contribution in [1.82, 2.24) is 9.97 Å². The standard InChI is InChI=1S/C27H23N3O3/c31-23-17-22(19-11-13-21(14-12-19)33-16-15-18-7-3-1-4-8-18)24-26(28-23)29-25(30-27(24)32)20-9-5-2-6-10-20/h1-14,22H,15-17H2,(H2,28,29,30,31,32). The van der Waals surface area contributed by atoms with Gasteiger partial charge in [-0.3, -0.25) is 9.59 Å². The maximum atomic E-state index is 13.0. The number of hydrogen-bond acceptors (Lipinski definition) is 4. The van der Waals surface area contributed by atoms with Gasteiger partial charge in [-0.2, -0.15) is 0 Å². The fourth-order valence-corrected chi connectivity index (χ4v) is 4.12. The largest absolute Gasteiger partial charge is 0.493 e. The van der Waals surface area contributed by atoms with Crippen LogP contribution in [0.3, 0.4) is 0 Å². The number of benzene rings is 3. The summed E-state index contributed by atoms with van der Waals surface area (Å²) < 4.78 is 5.87. The van der Waals surface area contributed by atoms with Crippen LogP contribution in [-0.4, -0.2) is 22.5 Å². The zero-order valence-electron chi connectivity index (χ0n) is 18.0. The number of aromatic amines is 1. The van der Waals surface area contributed by atoms with E-state index in [4.69, 9.17) is 4.74 Å². The first-order valence-corrected chi connectivity index (χ1v) is 10.9. The molecular weight excluding hydrogens is 414 g/mol. The van der Waals surface area contributed by atoms with Gasteiger partial charge in [0.1, 0.15) is 17.4 Å². The van der Waals surface area contributed by atoms with Gasteiger partial charge < -0.3 is 15.0 Å². The molecule has 1 aliphatic heterocycles. The van der Waals surface area contributed by atoms with Crippen molar-refractivity contribution >= 4 is 11.7 Å². The monoisotopic (exact) mass is 437 g/mol. The predicted octanol–water partition coefficient (Wildman–Crippen LogP) is 4.53. The fourth-order valence-electron chi connectivity index (χ4n) is 4.12. The van der Waals surface area contributed by atoms with E-state index < -0.39 is 0 Å². The third-order valence-electron chi connectivity index (χ3n) is 5.78. The minimum Gasteiger partial charge on any atom is -0.493 e. The summed E-state index contributed by atoms with van der Waals surface area (Å²) in [4.78, 5) is 32.9. The average Bonchev–Trinajstić information content (AvgIpc) is 2.85. The molecule has 1 unspecified atom stereocenters. The van der Waals surface area contributed by atoms with Gasteiger partial charge in [0.2, 0.25) is 5.91 Å². The molecule has 5 rings (SSSR count). The summed E-state index contributed by atoms with van der Waals surface area (Å²) >= 11 is 0. The number of nitrogens with one attached hydrogen (secondary N) is 2. The van der Waals surface area contributed by atoms with Crippen molar-refractivity contribution in [2.24, 2.45) is 0 Å². The molecule has 1 atom stereocenters. The van der Waals surface area contributed by atoms with E-state index in [1.165, 1.54) is 5.56 Å². The number of anilines is 1. The minimum atomic E-state index is -0.367. The summed E-state index contributed by atoms with van der Waals surface area (Å²) in [6.07, 6.45) is 1.01. The molecule has 6 heteroatoms. The van der Waals surface area contributed by atoms with E-state index in [1.807, 2.05) is 72.8 Å². The third-order valence-corrected chi connectivity index (χ3v) is 5.78. The first-order valence-electron chi connectivity index (χ1n) is 10.9. The third kappa shape index (κ3) is 4.55. The number of rotatable bonds is 6. The van der Waals surface area contributed by atoms with Crippen molar-refractivity contribution in [3.8, 4) is 17.1 Å². The van der Waals surface area contributed by atoms with Crippen LogP contribution in [-0.2, 0) is 11.2 Å². The Balaban J connectivity index is 1.37. The molecular formula is C27H23N3O3. The number of H-pyrrole nitrogens is 1. The lowest BCUT2D eigenvalue weighted by Crippen LogP contribution is -2.31. The van der Waals surface area contributed by atoms with Gasteiger partial charge in [-0.25, -0.2) is 4.98 Å². The van der Waals surface area contributed by atoms with Gasteiger partial charge in [0, 0.05) is 24.3 Å². The molecule has 33 heavy (non-hydrogen) atoms. The van der Waals surface area contributed by atoms with E-state index in [1.54, 1.807) is 0 Å². The second-order valence-corrected chi connectivity index (χ2v) is 8.00. The normalized spacial score (nSPS) is 14.9. The van der Waals surface area contributed by atoms with E-state index in [2.05, 4.69) is 27.4 Å². The Hall–Kier alpha value is -4.19. The first kappa shape index (κ1) is 20.7. The summed E-state index contributed by atoms with van der Waals surface area (Å²) in [5.74, 6) is 0.979. The second-order valence-electron chi connectivity index (χ2n) is 8.00. The highest BCUT2D eigenvalue weighted by Crippen LogP contribution is 2.35. The predicted molar refractivity (Wildman–Crippen MR) is 127 cm³/mol. The number of amides is 1. The van der Waals surface area contributed by atoms with Crippen molar-refractivity contribution in [1.29, 1.82) is 0 Å². The van der Waals surface area contributed by atoms with Gasteiger partial charge >= 0.3 is 0 Å². The Labute approximate surface area is 191 Å². The molecule has 164 valence electrons. The van der Waals surface area contributed by atoms with Gasteiger partial charge in [-0.1, -0.05) is 72.8 Å². The number of aromatic nitrogens is 2. The highest BCUT2D eigenvalue weighted by molar-refractivity contribution is 5.94. The van der Waals surface area contributed by atoms with Gasteiger partial charge in [-0.15, -0.1) is 0 Å². The van der Waals surface area contributed by atoms with Gasteiger partial charge in [-0.05, 0) is 23.3 Å². The Bertz CT molecular complexity index is 1320. The molecule has 1 amide bonds. The van der Waals surface area contributed by atoms with Crippen LogP contribution in [0.25, 0.3) is 11.4 Å². The van der Waals surface area contributed by atoms with Crippen LogP contribution in [0.4, 0.5) is 5.82 Å². The zero-order valence-corrected chi connectivity index (χ0v) is 18.0. The lowest BCUT2D eigenvalue weighted by atomic mass is 9.87. The van der Waals surface area contributed by atoms with Crippen LogP contribution in [0.15, 0.2) is 89.7 Å². The van der Waals surface area contributed by atoms with Crippen LogP contribution in [0.2, 0.25) is 0 Å². The van der Waals surface area contributed by atoms with Crippen LogP contribution in [0.5, 0.6) is 5.75 Å². The van der Waals surface area contributed by atoms with Crippen LogP contribution < -0.4 is 15.6 Å². The van der Waals surface area contributed by atoms with Crippen molar-refractivity contribution in [2.45, 2.75) is 18.8 Å². The highest BCUT2D eigenvalue weighted by atomic mass is 16.5. The summed E-state index contributed by atoms with van der Waals surface area (Å²) in [7, 11) is 0. The van der Waals surface area contributed by atoms with Crippen molar-refractivity contribution < 1.29 is 9.53 Å². The zero-order chi connectivity index (χ0) is 22.6. The molecule has 1 aliphatic rings. The van der Waals surface area contributed by atoms with Crippen molar-refractivity contribution in [2.75, 3.05) is 11.9 Å². The molecule has 1 aromatic heterocycles. The molecule has 0 fully saturated rings. The summed E-state index contributed by atoms with van der Waals surface area (Å²) in [6.45, 7) is 0.573. The molecule has 2 N–H and O–H groups in total. The van der Waals surface area contributed by atoms with Gasteiger partial charge in [0.25, 0.3) is 5.56 Å². The Morgan fingerprint density at radius 3 is 2.30 bits per heavy atom. The molecule has 0 bridgehead atoms. The highest BCUT2D eigenvalue weighted by Gasteiger charge is 2.31. The van der Waals surface area contributed by atoms with Gasteiger partial charge in [0.05, 0.1) is 12.2 Å². The molecule has 2 heterocycles. The van der Waals surface area contributed by atoms with Crippen LogP contribution in [0, 0.1) is 0 Å². The Morgan fingerprint density at radius 1 is 0.879 bits per heavy atom. The molecule has 6 nitrogen and oxygen atoms in total. The van der Waals surface area contributed by atoms with E-state index in [0.29, 0.717) is 23.8 Å². The summed E-state index contributed by atoms with van der Waals surface area (Å²) in [6, 6.07) is 27.1. The molecule has 0 saturated heterocycles. The lowest BCUT2D eigenvalue weighted by molar-refractivity contribution is -0.116. The van der Waals surface area contributed by atoms with E-state index in [-0.39, 0.29) is 23.8 Å².